The van der Waals surface area contributed by atoms with Crippen LogP contribution in [-0.4, -0.2) is 138 Å². The number of rotatable bonds is 8. The van der Waals surface area contributed by atoms with Crippen molar-refractivity contribution in [2.45, 2.75) is 27.9 Å². The van der Waals surface area contributed by atoms with Crippen LogP contribution in [0.15, 0.2) is 55.4 Å². The molecule has 0 saturated heterocycles. The summed E-state index contributed by atoms with van der Waals surface area (Å²) in [5, 5.41) is 25.1. The molecule has 10 N–H and O–H groups in total. The number of carbonyl (C=O) groups excluding carboxylic acids is 3. The first kappa shape index (κ1) is 49.9. The lowest BCUT2D eigenvalue weighted by Gasteiger charge is -2.25. The number of nitrogens with one attached hydrogen (secondary N) is 5. The van der Waals surface area contributed by atoms with E-state index < -0.39 is 193 Å². The van der Waals surface area contributed by atoms with Crippen molar-refractivity contribution in [2.75, 3.05) is 30.3 Å². The summed E-state index contributed by atoms with van der Waals surface area (Å²) in [6, 6.07) is -2.80. The van der Waals surface area contributed by atoms with Gasteiger partial charge in [-0.2, -0.15) is 30.0 Å². The molecule has 0 saturated carbocycles. The molecule has 26 nitrogen and oxygen atoms in total. The first-order valence-corrected chi connectivity index (χ1v) is 25.6. The molecule has 3 amide bonds. The smallest absolute Gasteiger partial charge is 0.337 e. The number of aromatic carboxylic acids is 1. The highest BCUT2D eigenvalue weighted by atomic mass is 35.5. The van der Waals surface area contributed by atoms with Crippen LogP contribution in [0.1, 0.15) is 10.4 Å². The average Bonchev–Trinajstić information content (AvgIpc) is 3.13. The molecule has 2 aromatic rings. The van der Waals surface area contributed by atoms with E-state index in [-0.39, 0.29) is 0 Å². The highest BCUT2D eigenvalue weighted by molar-refractivity contribution is 7.90. The van der Waals surface area contributed by atoms with Crippen molar-refractivity contribution < 1.29 is 89.6 Å². The molecule has 2 bridgehead atoms. The van der Waals surface area contributed by atoms with Crippen LogP contribution < -0.4 is 30.8 Å². The van der Waals surface area contributed by atoms with Crippen LogP contribution in [-0.2, 0) is 64.8 Å². The topological polar surface area (TPSA) is 430 Å². The summed E-state index contributed by atoms with van der Waals surface area (Å²) in [5.41, 5.74) is -5.08. The third-order valence-electron chi connectivity index (χ3n) is 8.74. The number of halogens is 2. The minimum absolute atomic E-state index is 0.446. The van der Waals surface area contributed by atoms with E-state index in [9.17, 15) is 89.9 Å². The Kier molecular flexibility index (Phi) is 14.1. The van der Waals surface area contributed by atoms with Gasteiger partial charge in [0.1, 0.15) is 41.1 Å². The van der Waals surface area contributed by atoms with E-state index in [1.165, 1.54) is 4.72 Å². The number of carbonyl (C=O) groups is 4. The Balaban J connectivity index is 1.90. The molecule has 0 spiro atoms. The van der Waals surface area contributed by atoms with E-state index in [1.54, 1.807) is 10.6 Å². The summed E-state index contributed by atoms with van der Waals surface area (Å²) < 4.78 is 166. The molecule has 3 unspecified atom stereocenters. The molecular formula is C31H29Cl2N5O21S5. The lowest BCUT2D eigenvalue weighted by molar-refractivity contribution is -0.131. The number of carboxylic acid groups (broad SMARTS) is 1. The third kappa shape index (κ3) is 11.2. The number of phenols is 1. The van der Waals surface area contributed by atoms with Crippen molar-refractivity contribution in [2.24, 2.45) is 0 Å². The van der Waals surface area contributed by atoms with Crippen molar-refractivity contribution in [3.63, 3.8) is 0 Å². The second-order valence-electron chi connectivity index (χ2n) is 13.4. The van der Waals surface area contributed by atoms with Gasteiger partial charge in [-0.15, -0.1) is 0 Å². The zero-order chi connectivity index (χ0) is 48.1. The van der Waals surface area contributed by atoms with E-state index in [1.807, 2.05) is 10.0 Å². The first-order chi connectivity index (χ1) is 29.3. The molecule has 5 rings (SSSR count). The highest BCUT2D eigenvalue weighted by Crippen LogP contribution is 2.49. The predicted molar refractivity (Wildman–Crippen MR) is 219 cm³/mol. The van der Waals surface area contributed by atoms with Crippen molar-refractivity contribution in [1.29, 1.82) is 0 Å². The Morgan fingerprint density at radius 1 is 0.688 bits per heavy atom. The lowest BCUT2D eigenvalue weighted by atomic mass is 9.90. The van der Waals surface area contributed by atoms with Gasteiger partial charge in [0, 0.05) is 40.2 Å². The molecule has 0 fully saturated rings. The van der Waals surface area contributed by atoms with Crippen LogP contribution in [0.2, 0.25) is 10.0 Å². The van der Waals surface area contributed by atoms with Gasteiger partial charge in [-0.1, -0.05) is 23.2 Å². The Hall–Kier alpha value is -5.06. The quantitative estimate of drug-likeness (QED) is 0.0671. The van der Waals surface area contributed by atoms with Gasteiger partial charge in [-0.05, 0) is 36.4 Å². The largest absolute Gasteiger partial charge is 0.506 e. The van der Waals surface area contributed by atoms with Gasteiger partial charge in [0.05, 0.1) is 10.6 Å². The SMILES string of the molecule is O=C(O)c1c(Cl)ccc(Cl)c1-c1c2ccc(=O)c3c-2oc2c(c(O)ccc12)S(=O)(=O)NCCNC(=O)C(CS(=O)(=O)O)NC(=O)C(CS(=O)(=O)O)NC(=O)C(CS(=O)(=O)O)NS3(=O)=O. The molecule has 33 heteroatoms. The maximum Gasteiger partial charge on any atom is 0.337 e. The number of carboxylic acids is 1. The van der Waals surface area contributed by atoms with Crippen molar-refractivity contribution >= 4 is 108 Å². The van der Waals surface area contributed by atoms with E-state index in [0.717, 1.165) is 30.3 Å². The fraction of sp³-hybridized carbons (Fsp3) is 0.258. The van der Waals surface area contributed by atoms with Gasteiger partial charge in [0.15, 0.2) is 21.1 Å². The lowest BCUT2D eigenvalue weighted by Crippen LogP contribution is -2.60. The van der Waals surface area contributed by atoms with Gasteiger partial charge in [-0.3, -0.25) is 32.8 Å². The number of phenolic OH excluding ortho intramolecular Hbond substituents is 1. The van der Waals surface area contributed by atoms with Crippen LogP contribution in [0.4, 0.5) is 0 Å². The summed E-state index contributed by atoms with van der Waals surface area (Å²) in [4.78, 5) is 63.5. The van der Waals surface area contributed by atoms with E-state index in [4.69, 9.17) is 27.6 Å². The maximum absolute atomic E-state index is 14.3. The number of amides is 3. The molecule has 0 aromatic heterocycles. The van der Waals surface area contributed by atoms with Crippen molar-refractivity contribution in [3.05, 3.63) is 62.2 Å². The summed E-state index contributed by atoms with van der Waals surface area (Å²) in [7, 11) is -27.2. The number of benzene rings is 3. The summed E-state index contributed by atoms with van der Waals surface area (Å²) in [6.45, 7) is -1.71. The minimum Gasteiger partial charge on any atom is -0.506 e. The van der Waals surface area contributed by atoms with Crippen molar-refractivity contribution in [3.8, 4) is 28.2 Å². The second-order valence-corrected chi connectivity index (χ2v) is 22.0. The molecule has 3 aliphatic rings. The number of aromatic hydroxyl groups is 1. The summed E-state index contributed by atoms with van der Waals surface area (Å²) in [6.07, 6.45) is 0. The number of sulfonamides is 2. The van der Waals surface area contributed by atoms with E-state index in [2.05, 4.69) is 0 Å². The van der Waals surface area contributed by atoms with Gasteiger partial charge < -0.3 is 30.6 Å². The van der Waals surface area contributed by atoms with Crippen LogP contribution in [0.5, 0.6) is 5.75 Å². The van der Waals surface area contributed by atoms with Gasteiger partial charge in [-0.25, -0.2) is 26.4 Å². The van der Waals surface area contributed by atoms with Crippen LogP contribution >= 0.6 is 23.2 Å². The Labute approximate surface area is 370 Å². The van der Waals surface area contributed by atoms with Crippen LogP contribution in [0.25, 0.3) is 33.4 Å². The number of hydrogen-bond donors (Lipinski definition) is 10. The molecule has 1 aliphatic carbocycles. The Morgan fingerprint density at radius 2 is 1.22 bits per heavy atom. The predicted octanol–water partition coefficient (Wildman–Crippen LogP) is -2.04. The first-order valence-electron chi connectivity index (χ1n) is 17.0. The molecule has 348 valence electrons. The molecule has 0 radical (unpaired) electrons. The normalized spacial score (nSPS) is 20.4. The second kappa shape index (κ2) is 18.1. The average molecular weight is 1040 g/mol. The number of hydrogen-bond acceptors (Lipinski definition) is 17. The third-order valence-corrected chi connectivity index (χ3v) is 14.7. The summed E-state index contributed by atoms with van der Waals surface area (Å²) >= 11 is 12.8. The van der Waals surface area contributed by atoms with E-state index >= 15 is 0 Å². The Bertz CT molecular complexity index is 3250. The fourth-order valence-corrected chi connectivity index (χ4v) is 11.5. The van der Waals surface area contributed by atoms with Gasteiger partial charge in [0.2, 0.25) is 43.2 Å². The van der Waals surface area contributed by atoms with Crippen LogP contribution in [0.3, 0.4) is 0 Å². The molecule has 2 heterocycles. The monoisotopic (exact) mass is 1040 g/mol. The van der Waals surface area contributed by atoms with E-state index in [0.29, 0.717) is 6.07 Å². The molecular weight excluding hydrogens is 1010 g/mol. The summed E-state index contributed by atoms with van der Waals surface area (Å²) in [5.74, 6) is -15.1. The van der Waals surface area contributed by atoms with Gasteiger partial charge in [0.25, 0.3) is 30.4 Å². The zero-order valence-electron chi connectivity index (χ0n) is 31.3. The molecule has 2 aromatic carbocycles. The Morgan fingerprint density at radius 3 is 1.78 bits per heavy atom. The maximum atomic E-state index is 14.3. The minimum atomic E-state index is -5.86. The fourth-order valence-electron chi connectivity index (χ4n) is 6.25. The van der Waals surface area contributed by atoms with Crippen molar-refractivity contribution in [1.82, 2.24) is 25.4 Å². The molecule has 64 heavy (non-hydrogen) atoms. The molecule has 2 aliphatic heterocycles. The molecule has 3 atom stereocenters. The standard InChI is InChI=1S/C31H29Cl2N5O21S5/c32-14-3-4-15(33)23(31(44)45)22(14)21-12-1-5-19(39)26-24(12)59-25-13(21)2-6-20(40)27(25)64(57,58)38-18(11-62(52,53)54)30(43)37-17(10-61(49,50)51)29(42)36-16(9-60(46,47)48)28(41)34-7-8-35-63(26,55)56/h1-6,16-18,35,38-39H,7-11H2,(H,34,41)(H,36,42)(H,37,43)(H,44,45)(H,46,47,48)(H,49,50,51)(H,52,53,54). The zero-order valence-corrected chi connectivity index (χ0v) is 36.9. The highest BCUT2D eigenvalue weighted by Gasteiger charge is 2.40. The van der Waals surface area contributed by atoms with Crippen LogP contribution in [0, 0.1) is 0 Å². The van der Waals surface area contributed by atoms with Gasteiger partial charge >= 0.3 is 5.97 Å².